The topological polar surface area (TPSA) is 99.5 Å². The Labute approximate surface area is 148 Å². The number of halogens is 2. The van der Waals surface area contributed by atoms with Gasteiger partial charge in [-0.1, -0.05) is 11.6 Å². The number of rotatable bonds is 4. The van der Waals surface area contributed by atoms with Gasteiger partial charge in [0.15, 0.2) is 11.1 Å². The molecule has 0 radical (unpaired) electrons. The van der Waals surface area contributed by atoms with Crippen LogP contribution >= 0.6 is 11.6 Å². The molecule has 3 rings (SSSR count). The van der Waals surface area contributed by atoms with Gasteiger partial charge in [-0.2, -0.15) is 0 Å². The zero-order valence-electron chi connectivity index (χ0n) is 12.4. The number of pyridine rings is 1. The van der Waals surface area contributed by atoms with E-state index in [9.17, 15) is 23.1 Å². The molecule has 0 aliphatic rings. The first-order chi connectivity index (χ1) is 11.9. The number of hydrogen-bond donors (Lipinski definition) is 3. The molecule has 128 valence electrons. The van der Waals surface area contributed by atoms with E-state index >= 15 is 0 Å². The van der Waals surface area contributed by atoms with Gasteiger partial charge < -0.3 is 15.0 Å². The van der Waals surface area contributed by atoms with Gasteiger partial charge in [-0.15, -0.1) is 0 Å². The third-order valence-electron chi connectivity index (χ3n) is 3.46. The number of benzene rings is 2. The number of carboxylic acids is 1. The molecule has 0 saturated carbocycles. The van der Waals surface area contributed by atoms with Crippen LogP contribution in [0.1, 0.15) is 10.4 Å². The van der Waals surface area contributed by atoms with E-state index in [-0.39, 0.29) is 21.8 Å². The predicted molar refractivity (Wildman–Crippen MR) is 92.4 cm³/mol. The van der Waals surface area contributed by atoms with Gasteiger partial charge in [0, 0.05) is 16.6 Å². The van der Waals surface area contributed by atoms with E-state index in [0.29, 0.717) is 15.9 Å². The lowest BCUT2D eigenvalue weighted by Gasteiger charge is -2.15. The molecule has 1 heterocycles. The van der Waals surface area contributed by atoms with E-state index in [2.05, 4.69) is 10.3 Å². The van der Waals surface area contributed by atoms with Gasteiger partial charge in [-0.05, 0) is 36.4 Å². The first kappa shape index (κ1) is 17.3. The van der Waals surface area contributed by atoms with Crippen LogP contribution in [0.15, 0.2) is 47.5 Å². The van der Waals surface area contributed by atoms with Crippen molar-refractivity contribution in [2.24, 2.45) is 0 Å². The summed E-state index contributed by atoms with van der Waals surface area (Å²) >= 11 is 3.60. The predicted octanol–water partition coefficient (Wildman–Crippen LogP) is 4.05. The third-order valence-corrected chi connectivity index (χ3v) is 4.38. The average Bonchev–Trinajstić information content (AvgIpc) is 2.56. The summed E-state index contributed by atoms with van der Waals surface area (Å²) in [6.45, 7) is 0. The van der Waals surface area contributed by atoms with Crippen LogP contribution in [0, 0.1) is 5.82 Å². The summed E-state index contributed by atoms with van der Waals surface area (Å²) in [5, 5.41) is 12.9. The van der Waals surface area contributed by atoms with E-state index < -0.39 is 22.9 Å². The number of fused-ring (bicyclic) bond motifs is 1. The van der Waals surface area contributed by atoms with Crippen molar-refractivity contribution < 1.29 is 23.1 Å². The number of carbonyl (C=O) groups is 1. The molecule has 3 N–H and O–H groups in total. The molecular weight excluding hydrogens is 371 g/mol. The van der Waals surface area contributed by atoms with Gasteiger partial charge in [0.2, 0.25) is 0 Å². The van der Waals surface area contributed by atoms with Crippen molar-refractivity contribution in [1.29, 1.82) is 0 Å². The van der Waals surface area contributed by atoms with Gasteiger partial charge in [-0.3, -0.25) is 4.98 Å². The maximum absolute atomic E-state index is 13.4. The minimum Gasteiger partial charge on any atom is -0.478 e. The van der Waals surface area contributed by atoms with Gasteiger partial charge in [0.05, 0.1) is 22.5 Å². The van der Waals surface area contributed by atoms with Crippen molar-refractivity contribution in [2.45, 2.75) is 4.90 Å². The number of aromatic carboxylic acids is 1. The molecule has 9 heteroatoms. The third kappa shape index (κ3) is 3.46. The van der Waals surface area contributed by atoms with E-state index in [4.69, 9.17) is 11.6 Å². The van der Waals surface area contributed by atoms with Crippen LogP contribution in [0.5, 0.6) is 0 Å². The highest BCUT2D eigenvalue weighted by Gasteiger charge is 2.17. The quantitative estimate of drug-likeness (QED) is 0.590. The molecule has 2 aromatic carbocycles. The Morgan fingerprint density at radius 1 is 1.24 bits per heavy atom. The molecule has 3 aromatic rings. The number of nitrogens with one attached hydrogen (secondary N) is 1. The standard InChI is InChI=1S/C16H10ClFN2O4S/c17-8-1-3-12-10(5-8)15(14(7-19-12)25(23)24)20-13-4-2-9(18)6-11(13)16(21)22/h1-7H,(H,19,20)(H,21,22)(H,23,24). The first-order valence-corrected chi connectivity index (χ1v) is 8.34. The number of nitrogens with zero attached hydrogens (tertiary/aromatic N) is 1. The number of carboxylic acid groups (broad SMARTS) is 1. The molecule has 0 spiro atoms. The normalized spacial score (nSPS) is 12.1. The Morgan fingerprint density at radius 2 is 2.00 bits per heavy atom. The number of hydrogen-bond acceptors (Lipinski definition) is 4. The monoisotopic (exact) mass is 380 g/mol. The van der Waals surface area contributed by atoms with E-state index in [1.54, 1.807) is 12.1 Å². The Morgan fingerprint density at radius 3 is 2.68 bits per heavy atom. The fourth-order valence-corrected chi connectivity index (χ4v) is 3.00. The van der Waals surface area contributed by atoms with E-state index in [0.717, 1.165) is 12.1 Å². The van der Waals surface area contributed by atoms with Crippen molar-refractivity contribution in [2.75, 3.05) is 5.32 Å². The highest BCUT2D eigenvalue weighted by molar-refractivity contribution is 7.79. The second-order valence-electron chi connectivity index (χ2n) is 5.03. The molecule has 1 aromatic heterocycles. The zero-order chi connectivity index (χ0) is 18.1. The summed E-state index contributed by atoms with van der Waals surface area (Å²) in [4.78, 5) is 15.4. The van der Waals surface area contributed by atoms with Crippen LogP contribution in [-0.2, 0) is 11.1 Å². The molecule has 6 nitrogen and oxygen atoms in total. The van der Waals surface area contributed by atoms with E-state index in [1.165, 1.54) is 18.3 Å². The smallest absolute Gasteiger partial charge is 0.337 e. The molecule has 1 unspecified atom stereocenters. The van der Waals surface area contributed by atoms with Gasteiger partial charge in [0.1, 0.15) is 10.7 Å². The largest absolute Gasteiger partial charge is 0.478 e. The first-order valence-electron chi connectivity index (χ1n) is 6.86. The summed E-state index contributed by atoms with van der Waals surface area (Å²) in [5.41, 5.74) is 0.400. The van der Waals surface area contributed by atoms with Gasteiger partial charge in [0.25, 0.3) is 0 Å². The lowest BCUT2D eigenvalue weighted by Crippen LogP contribution is -2.06. The summed E-state index contributed by atoms with van der Waals surface area (Å²) in [6, 6.07) is 7.94. The lowest BCUT2D eigenvalue weighted by molar-refractivity contribution is 0.0697. The van der Waals surface area contributed by atoms with Crippen molar-refractivity contribution in [3.05, 3.63) is 59.0 Å². The zero-order valence-corrected chi connectivity index (χ0v) is 13.9. The Hall–Kier alpha value is -2.55. The van der Waals surface area contributed by atoms with Crippen LogP contribution in [0.2, 0.25) is 5.02 Å². The van der Waals surface area contributed by atoms with Crippen LogP contribution in [0.25, 0.3) is 10.9 Å². The van der Waals surface area contributed by atoms with Crippen LogP contribution in [0.3, 0.4) is 0 Å². The summed E-state index contributed by atoms with van der Waals surface area (Å²) in [7, 11) is 0. The summed E-state index contributed by atoms with van der Waals surface area (Å²) in [6.07, 6.45) is 1.21. The summed E-state index contributed by atoms with van der Waals surface area (Å²) < 4.78 is 34.5. The maximum Gasteiger partial charge on any atom is 0.337 e. The molecule has 0 amide bonds. The Bertz CT molecular complexity index is 1030. The lowest BCUT2D eigenvalue weighted by atomic mass is 10.1. The molecule has 1 atom stereocenters. The van der Waals surface area contributed by atoms with Crippen LogP contribution in [-0.4, -0.2) is 24.8 Å². The second kappa shape index (κ2) is 6.75. The van der Waals surface area contributed by atoms with Crippen LogP contribution < -0.4 is 5.32 Å². The van der Waals surface area contributed by atoms with Crippen molar-refractivity contribution in [3.63, 3.8) is 0 Å². The highest BCUT2D eigenvalue weighted by atomic mass is 35.5. The minimum atomic E-state index is -2.39. The molecule has 0 aliphatic heterocycles. The average molecular weight is 381 g/mol. The van der Waals surface area contributed by atoms with E-state index in [1.807, 2.05) is 0 Å². The molecule has 0 aliphatic carbocycles. The Kier molecular flexibility index (Phi) is 4.67. The van der Waals surface area contributed by atoms with Crippen molar-refractivity contribution in [3.8, 4) is 0 Å². The fraction of sp³-hybridized carbons (Fsp3) is 0. The fourth-order valence-electron chi connectivity index (χ4n) is 2.34. The number of anilines is 2. The van der Waals surface area contributed by atoms with Crippen molar-refractivity contribution in [1.82, 2.24) is 4.98 Å². The highest BCUT2D eigenvalue weighted by Crippen LogP contribution is 2.33. The maximum atomic E-state index is 13.4. The molecule has 25 heavy (non-hydrogen) atoms. The molecule has 0 bridgehead atoms. The van der Waals surface area contributed by atoms with Crippen molar-refractivity contribution >= 4 is 50.9 Å². The molecular formula is C16H10ClFN2O4S. The van der Waals surface area contributed by atoms with Gasteiger partial charge >= 0.3 is 5.97 Å². The summed E-state index contributed by atoms with van der Waals surface area (Å²) in [5.74, 6) is -2.05. The minimum absolute atomic E-state index is 0.0598. The van der Waals surface area contributed by atoms with Crippen LogP contribution in [0.4, 0.5) is 15.8 Å². The second-order valence-corrected chi connectivity index (χ2v) is 6.40. The number of aromatic nitrogens is 1. The molecule has 0 saturated heterocycles. The SMILES string of the molecule is O=C(O)c1cc(F)ccc1Nc1c(S(=O)O)cnc2ccc(Cl)cc12. The molecule has 0 fully saturated rings. The van der Waals surface area contributed by atoms with Gasteiger partial charge in [-0.25, -0.2) is 13.4 Å². The Balaban J connectivity index is 2.25.